The fourth-order valence-electron chi connectivity index (χ4n) is 2.73. The van der Waals surface area contributed by atoms with Gasteiger partial charge in [-0.15, -0.1) is 11.3 Å². The molecule has 0 bridgehead atoms. The molecule has 1 N–H and O–H groups in total. The molecular weight excluding hydrogens is 304 g/mol. The second-order valence-electron chi connectivity index (χ2n) is 5.32. The molecule has 0 aliphatic carbocycles. The fraction of sp³-hybridized carbons (Fsp3) is 0.111. The van der Waals surface area contributed by atoms with E-state index >= 15 is 0 Å². The number of nitrogens with zero attached hydrogens (tertiary/aromatic N) is 3. The van der Waals surface area contributed by atoms with Crippen molar-refractivity contribution in [2.24, 2.45) is 0 Å². The first-order valence-corrected chi connectivity index (χ1v) is 8.29. The number of benzene rings is 1. The molecule has 4 rings (SSSR count). The van der Waals surface area contributed by atoms with E-state index in [1.165, 1.54) is 4.70 Å². The highest BCUT2D eigenvalue weighted by Crippen LogP contribution is 2.33. The lowest BCUT2D eigenvalue weighted by Gasteiger charge is -2.10. The zero-order chi connectivity index (χ0) is 15.6. The van der Waals surface area contributed by atoms with Crippen LogP contribution in [0.5, 0.6) is 0 Å². The summed E-state index contributed by atoms with van der Waals surface area (Å²) in [6, 6.07) is 14.0. The third-order valence-electron chi connectivity index (χ3n) is 3.85. The maximum Gasteiger partial charge on any atom is 0.135 e. The van der Waals surface area contributed by atoms with Crippen molar-refractivity contribution >= 4 is 38.1 Å². The van der Waals surface area contributed by atoms with Crippen LogP contribution >= 0.6 is 11.3 Å². The van der Waals surface area contributed by atoms with Gasteiger partial charge >= 0.3 is 0 Å². The molecule has 0 saturated heterocycles. The van der Waals surface area contributed by atoms with Crippen molar-refractivity contribution in [3.8, 4) is 6.07 Å². The summed E-state index contributed by atoms with van der Waals surface area (Å²) >= 11 is 1.71. The molecule has 112 valence electrons. The lowest BCUT2D eigenvalue weighted by Crippen LogP contribution is -2.10. The zero-order valence-electron chi connectivity index (χ0n) is 12.4. The number of pyridine rings is 1. The van der Waals surface area contributed by atoms with Crippen LogP contribution in [0.2, 0.25) is 0 Å². The minimum Gasteiger partial charge on any atom is -0.368 e. The first-order chi connectivity index (χ1) is 11.3. The summed E-state index contributed by atoms with van der Waals surface area (Å²) < 4.78 is 3.34. The molecule has 5 heteroatoms. The number of anilines is 1. The van der Waals surface area contributed by atoms with Gasteiger partial charge in [0, 0.05) is 41.0 Å². The van der Waals surface area contributed by atoms with Crippen LogP contribution in [0.4, 0.5) is 5.82 Å². The Bertz CT molecular complexity index is 1010. The number of rotatable bonds is 4. The topological polar surface area (TPSA) is 53.6 Å². The smallest absolute Gasteiger partial charge is 0.135 e. The quantitative estimate of drug-likeness (QED) is 0.612. The highest BCUT2D eigenvalue weighted by molar-refractivity contribution is 7.18. The number of fused-ring (bicyclic) bond motifs is 3. The van der Waals surface area contributed by atoms with Gasteiger partial charge in [0.15, 0.2) is 0 Å². The molecule has 0 fully saturated rings. The molecule has 0 amide bonds. The summed E-state index contributed by atoms with van der Waals surface area (Å²) in [6.07, 6.45) is 4.10. The van der Waals surface area contributed by atoms with Crippen LogP contribution in [0.1, 0.15) is 5.56 Å². The van der Waals surface area contributed by atoms with Gasteiger partial charge in [0.05, 0.1) is 17.1 Å². The van der Waals surface area contributed by atoms with Crippen molar-refractivity contribution in [2.75, 3.05) is 11.9 Å². The average molecular weight is 318 g/mol. The van der Waals surface area contributed by atoms with Gasteiger partial charge in [0.25, 0.3) is 0 Å². The molecule has 4 nitrogen and oxygen atoms in total. The van der Waals surface area contributed by atoms with E-state index in [0.29, 0.717) is 5.56 Å². The highest BCUT2D eigenvalue weighted by atomic mass is 32.1. The monoisotopic (exact) mass is 318 g/mol. The van der Waals surface area contributed by atoms with Gasteiger partial charge in [0.2, 0.25) is 0 Å². The van der Waals surface area contributed by atoms with E-state index in [-0.39, 0.29) is 0 Å². The molecular formula is C18H14N4S. The summed E-state index contributed by atoms with van der Waals surface area (Å²) in [5, 5.41) is 16.9. The number of hydrogen-bond acceptors (Lipinski definition) is 4. The Kier molecular flexibility index (Phi) is 3.45. The van der Waals surface area contributed by atoms with Gasteiger partial charge in [-0.05, 0) is 35.7 Å². The molecule has 23 heavy (non-hydrogen) atoms. The van der Waals surface area contributed by atoms with Crippen molar-refractivity contribution < 1.29 is 0 Å². The normalized spacial score (nSPS) is 10.9. The predicted molar refractivity (Wildman–Crippen MR) is 94.8 cm³/mol. The summed E-state index contributed by atoms with van der Waals surface area (Å²) in [5.41, 5.74) is 1.50. The van der Waals surface area contributed by atoms with Crippen molar-refractivity contribution in [1.82, 2.24) is 9.55 Å². The number of hydrogen-bond donors (Lipinski definition) is 1. The maximum atomic E-state index is 9.09. The lowest BCUT2D eigenvalue weighted by molar-refractivity contribution is 0.732. The van der Waals surface area contributed by atoms with Gasteiger partial charge < -0.3 is 9.88 Å². The summed E-state index contributed by atoms with van der Waals surface area (Å²) in [6.45, 7) is 1.69. The van der Waals surface area contributed by atoms with Crippen LogP contribution in [0, 0.1) is 11.3 Å². The van der Waals surface area contributed by atoms with Gasteiger partial charge in [0.1, 0.15) is 5.82 Å². The average Bonchev–Trinajstić information content (AvgIpc) is 3.26. The molecule has 0 saturated carbocycles. The first kappa shape index (κ1) is 13.8. The molecule has 0 radical (unpaired) electrons. The van der Waals surface area contributed by atoms with Crippen LogP contribution in [-0.2, 0) is 6.54 Å². The third kappa shape index (κ3) is 2.54. The van der Waals surface area contributed by atoms with Gasteiger partial charge in [-0.1, -0.05) is 6.07 Å². The molecule has 0 spiro atoms. The Hall–Kier alpha value is -2.84. The SMILES string of the molecule is N#Cc1ccc2c(c1)nc(NCCn1cccc1)c1ccsc12. The molecule has 0 aliphatic rings. The number of nitrogens with one attached hydrogen (secondary N) is 1. The van der Waals surface area contributed by atoms with Crippen LogP contribution in [0.15, 0.2) is 54.2 Å². The van der Waals surface area contributed by atoms with Crippen LogP contribution in [0.25, 0.3) is 21.0 Å². The van der Waals surface area contributed by atoms with Crippen LogP contribution in [-0.4, -0.2) is 16.1 Å². The standard InChI is InChI=1S/C18H14N4S/c19-12-13-3-4-14-16(11-13)21-18(15-5-10-23-17(14)15)20-6-9-22-7-1-2-8-22/h1-5,7-8,10-11H,6,9H2,(H,20,21). The number of nitriles is 1. The van der Waals surface area contributed by atoms with Crippen molar-refractivity contribution in [3.05, 3.63) is 59.7 Å². The lowest BCUT2D eigenvalue weighted by atomic mass is 10.1. The van der Waals surface area contributed by atoms with E-state index in [4.69, 9.17) is 10.2 Å². The van der Waals surface area contributed by atoms with E-state index in [1.807, 2.05) is 30.3 Å². The van der Waals surface area contributed by atoms with Crippen LogP contribution < -0.4 is 5.32 Å². The molecule has 0 atom stereocenters. The zero-order valence-corrected chi connectivity index (χ0v) is 13.2. The van der Waals surface area contributed by atoms with Crippen LogP contribution in [0.3, 0.4) is 0 Å². The number of aromatic nitrogens is 2. The van der Waals surface area contributed by atoms with Gasteiger partial charge in [-0.25, -0.2) is 4.98 Å². The Morgan fingerprint density at radius 3 is 2.87 bits per heavy atom. The predicted octanol–water partition coefficient (Wildman–Crippen LogP) is 4.23. The molecule has 3 heterocycles. The first-order valence-electron chi connectivity index (χ1n) is 7.41. The summed E-state index contributed by atoms with van der Waals surface area (Å²) in [4.78, 5) is 4.74. The van der Waals surface area contributed by atoms with Gasteiger partial charge in [-0.2, -0.15) is 5.26 Å². The van der Waals surface area contributed by atoms with Crippen molar-refractivity contribution in [2.45, 2.75) is 6.54 Å². The Morgan fingerprint density at radius 1 is 1.17 bits per heavy atom. The third-order valence-corrected chi connectivity index (χ3v) is 4.80. The Balaban J connectivity index is 1.71. The molecule has 4 aromatic rings. The van der Waals surface area contributed by atoms with Crippen molar-refractivity contribution in [3.63, 3.8) is 0 Å². The fourth-order valence-corrected chi connectivity index (χ4v) is 3.66. The van der Waals surface area contributed by atoms with E-state index in [1.54, 1.807) is 11.3 Å². The second-order valence-corrected chi connectivity index (χ2v) is 6.23. The Morgan fingerprint density at radius 2 is 2.04 bits per heavy atom. The van der Waals surface area contributed by atoms with E-state index in [9.17, 15) is 0 Å². The highest BCUT2D eigenvalue weighted by Gasteiger charge is 2.10. The van der Waals surface area contributed by atoms with E-state index in [0.717, 1.165) is 35.2 Å². The number of thiophene rings is 1. The minimum atomic E-state index is 0.638. The summed E-state index contributed by atoms with van der Waals surface area (Å²) in [5.74, 6) is 0.885. The maximum absolute atomic E-state index is 9.09. The molecule has 3 aromatic heterocycles. The molecule has 0 unspecified atom stereocenters. The molecule has 0 aliphatic heterocycles. The Labute approximate surface area is 137 Å². The largest absolute Gasteiger partial charge is 0.368 e. The van der Waals surface area contributed by atoms with E-state index < -0.39 is 0 Å². The van der Waals surface area contributed by atoms with Gasteiger partial charge in [-0.3, -0.25) is 0 Å². The molecule has 1 aromatic carbocycles. The second kappa shape index (κ2) is 5.75. The summed E-state index contributed by atoms with van der Waals surface area (Å²) in [7, 11) is 0. The minimum absolute atomic E-state index is 0.638. The van der Waals surface area contributed by atoms with Crippen molar-refractivity contribution in [1.29, 1.82) is 5.26 Å². The van der Waals surface area contributed by atoms with E-state index in [2.05, 4.69) is 39.8 Å².